The normalized spacial score (nSPS) is 18.5. The standard InChI is InChI=1S/C20H18N4O6/c1-24(9-12-3-5-14(26)16(28)7-12)19(29)17-18(22-10-21-17)23(20(24)30)8-11-2-4-13(25)15(27)6-11/h2-7,10H,8-9H2,1H3,(H4-,21,22,25,26,27,28,29)/p+1. The first-order chi connectivity index (χ1) is 14.2. The summed E-state index contributed by atoms with van der Waals surface area (Å²) in [5.41, 5.74) is 1.15. The van der Waals surface area contributed by atoms with Gasteiger partial charge >= 0.3 is 11.9 Å². The van der Waals surface area contributed by atoms with Gasteiger partial charge in [0.05, 0.1) is 19.9 Å². The molecule has 3 aromatic rings. The number of amides is 3. The van der Waals surface area contributed by atoms with E-state index in [2.05, 4.69) is 9.97 Å². The molecular formula is C20H19N4O6+. The van der Waals surface area contributed by atoms with E-state index in [-0.39, 0.29) is 47.6 Å². The van der Waals surface area contributed by atoms with E-state index in [0.717, 1.165) is 0 Å². The van der Waals surface area contributed by atoms with Gasteiger partial charge in [0.15, 0.2) is 34.5 Å². The number of benzene rings is 2. The molecule has 2 aromatic carbocycles. The highest BCUT2D eigenvalue weighted by Crippen LogP contribution is 2.35. The lowest BCUT2D eigenvalue weighted by Crippen LogP contribution is -2.62. The lowest BCUT2D eigenvalue weighted by molar-refractivity contribution is -0.759. The molecule has 1 aliphatic rings. The summed E-state index contributed by atoms with van der Waals surface area (Å²) in [7, 11) is 1.46. The first-order valence-electron chi connectivity index (χ1n) is 8.98. The second-order valence-corrected chi connectivity index (χ2v) is 7.27. The van der Waals surface area contributed by atoms with Gasteiger partial charge in [0.1, 0.15) is 6.54 Å². The van der Waals surface area contributed by atoms with Gasteiger partial charge in [0.2, 0.25) is 0 Å². The Bertz CT molecular complexity index is 1170. The fraction of sp³-hybridized carbons (Fsp3) is 0.150. The van der Waals surface area contributed by atoms with Crippen molar-refractivity contribution in [1.82, 2.24) is 9.97 Å². The molecule has 154 valence electrons. The van der Waals surface area contributed by atoms with Gasteiger partial charge in [-0.3, -0.25) is 0 Å². The zero-order valence-electron chi connectivity index (χ0n) is 15.9. The Morgan fingerprint density at radius 3 is 2.17 bits per heavy atom. The van der Waals surface area contributed by atoms with Crippen LogP contribution in [0.2, 0.25) is 0 Å². The minimum absolute atomic E-state index is 0.00642. The molecule has 0 radical (unpaired) electrons. The molecule has 0 saturated heterocycles. The molecule has 30 heavy (non-hydrogen) atoms. The van der Waals surface area contributed by atoms with E-state index in [1.54, 1.807) is 6.07 Å². The number of urea groups is 1. The molecule has 0 aliphatic carbocycles. The number of hydrogen-bond acceptors (Lipinski definition) is 7. The van der Waals surface area contributed by atoms with Crippen LogP contribution in [0, 0.1) is 0 Å². The van der Waals surface area contributed by atoms with E-state index in [1.807, 2.05) is 0 Å². The third kappa shape index (κ3) is 2.99. The van der Waals surface area contributed by atoms with Gasteiger partial charge in [0.25, 0.3) is 0 Å². The van der Waals surface area contributed by atoms with Gasteiger partial charge in [-0.2, -0.15) is 4.48 Å². The van der Waals surface area contributed by atoms with E-state index in [1.165, 1.54) is 48.6 Å². The number of phenolic OH excluding ortho intramolecular Hbond substituents is 4. The number of imidazole rings is 1. The van der Waals surface area contributed by atoms with Crippen LogP contribution in [0.15, 0.2) is 42.7 Å². The summed E-state index contributed by atoms with van der Waals surface area (Å²) in [6.07, 6.45) is 1.32. The lowest BCUT2D eigenvalue weighted by Gasteiger charge is -2.36. The number of imide groups is 1. The van der Waals surface area contributed by atoms with Crippen molar-refractivity contribution in [2.75, 3.05) is 11.9 Å². The highest BCUT2D eigenvalue weighted by Gasteiger charge is 2.52. The van der Waals surface area contributed by atoms with Crippen LogP contribution in [-0.4, -0.2) is 53.9 Å². The van der Waals surface area contributed by atoms with Crippen molar-refractivity contribution in [2.45, 2.75) is 13.1 Å². The number of H-pyrrole nitrogens is 1. The van der Waals surface area contributed by atoms with E-state index < -0.39 is 16.4 Å². The number of quaternary nitrogens is 1. The molecule has 10 nitrogen and oxygen atoms in total. The summed E-state index contributed by atoms with van der Waals surface area (Å²) >= 11 is 0. The van der Waals surface area contributed by atoms with Gasteiger partial charge in [-0.05, 0) is 35.9 Å². The number of aromatic amines is 1. The average molecular weight is 411 g/mol. The van der Waals surface area contributed by atoms with E-state index in [0.29, 0.717) is 11.1 Å². The van der Waals surface area contributed by atoms with Crippen molar-refractivity contribution >= 4 is 17.8 Å². The van der Waals surface area contributed by atoms with Crippen molar-refractivity contribution in [1.29, 1.82) is 0 Å². The maximum Gasteiger partial charge on any atom is 0.433 e. The van der Waals surface area contributed by atoms with Crippen LogP contribution >= 0.6 is 0 Å². The van der Waals surface area contributed by atoms with Crippen molar-refractivity contribution in [3.05, 3.63) is 59.5 Å². The molecule has 0 bridgehead atoms. The Morgan fingerprint density at radius 2 is 1.53 bits per heavy atom. The summed E-state index contributed by atoms with van der Waals surface area (Å²) in [5, 5.41) is 38.6. The molecule has 4 rings (SSSR count). The van der Waals surface area contributed by atoms with E-state index >= 15 is 0 Å². The number of phenols is 4. The molecule has 1 unspecified atom stereocenters. The highest BCUT2D eigenvalue weighted by atomic mass is 16.3. The van der Waals surface area contributed by atoms with E-state index in [4.69, 9.17) is 0 Å². The SMILES string of the molecule is C[N+]1(Cc2ccc(O)c(O)c2)C(=O)c2[nH]cnc2N(Cc2ccc(O)c(O)c2)C1=O. The fourth-order valence-corrected chi connectivity index (χ4v) is 3.50. The molecule has 0 spiro atoms. The Hall–Kier alpha value is -4.05. The smallest absolute Gasteiger partial charge is 0.433 e. The van der Waals surface area contributed by atoms with Gasteiger partial charge in [-0.25, -0.2) is 19.5 Å². The van der Waals surface area contributed by atoms with Crippen LogP contribution < -0.4 is 4.90 Å². The topological polar surface area (TPSA) is 147 Å². The highest BCUT2D eigenvalue weighted by molar-refractivity contribution is 6.07. The number of carbonyl (C=O) groups is 2. The third-order valence-electron chi connectivity index (χ3n) is 5.11. The molecule has 2 heterocycles. The predicted molar refractivity (Wildman–Crippen MR) is 104 cm³/mol. The van der Waals surface area contributed by atoms with Crippen LogP contribution in [-0.2, 0) is 13.1 Å². The maximum absolute atomic E-state index is 13.4. The molecule has 5 N–H and O–H groups in total. The van der Waals surface area contributed by atoms with Crippen molar-refractivity contribution in [3.8, 4) is 23.0 Å². The molecule has 1 atom stereocenters. The quantitative estimate of drug-likeness (QED) is 0.326. The number of nitrogens with one attached hydrogen (secondary N) is 1. The van der Waals surface area contributed by atoms with Crippen LogP contribution in [0.5, 0.6) is 23.0 Å². The molecule has 10 heteroatoms. The van der Waals surface area contributed by atoms with Gasteiger partial charge in [0, 0.05) is 5.56 Å². The minimum Gasteiger partial charge on any atom is -0.504 e. The number of anilines is 1. The zero-order valence-corrected chi connectivity index (χ0v) is 15.9. The second-order valence-electron chi connectivity index (χ2n) is 7.27. The fourth-order valence-electron chi connectivity index (χ4n) is 3.50. The summed E-state index contributed by atoms with van der Waals surface area (Å²) in [4.78, 5) is 34.8. The number of nitrogens with zero attached hydrogens (tertiary/aromatic N) is 3. The molecule has 0 fully saturated rings. The maximum atomic E-state index is 13.4. The van der Waals surface area contributed by atoms with Crippen LogP contribution in [0.25, 0.3) is 0 Å². The average Bonchev–Trinajstić information content (AvgIpc) is 3.19. The summed E-state index contributed by atoms with van der Waals surface area (Å²) in [5.74, 6) is -1.59. The summed E-state index contributed by atoms with van der Waals surface area (Å²) < 4.78 is -0.663. The Kier molecular flexibility index (Phi) is 4.35. The number of rotatable bonds is 4. The zero-order chi connectivity index (χ0) is 21.6. The predicted octanol–water partition coefficient (Wildman–Crippen LogP) is 2.16. The number of carbonyl (C=O) groups excluding carboxylic acids is 2. The third-order valence-corrected chi connectivity index (χ3v) is 5.11. The number of aromatic nitrogens is 2. The summed E-state index contributed by atoms with van der Waals surface area (Å²) in [6, 6.07) is 7.73. The molecule has 1 aromatic heterocycles. The van der Waals surface area contributed by atoms with Gasteiger partial charge < -0.3 is 25.4 Å². The van der Waals surface area contributed by atoms with Gasteiger partial charge in [-0.1, -0.05) is 6.07 Å². The monoisotopic (exact) mass is 411 g/mol. The van der Waals surface area contributed by atoms with Gasteiger partial charge in [-0.15, -0.1) is 0 Å². The number of aromatic hydroxyl groups is 4. The minimum atomic E-state index is -0.663. The Morgan fingerprint density at radius 1 is 0.933 bits per heavy atom. The largest absolute Gasteiger partial charge is 0.504 e. The van der Waals surface area contributed by atoms with Crippen LogP contribution in [0.3, 0.4) is 0 Å². The first-order valence-corrected chi connectivity index (χ1v) is 8.98. The second kappa shape index (κ2) is 6.78. The molecule has 1 aliphatic heterocycles. The molecule has 0 saturated carbocycles. The molecular weight excluding hydrogens is 392 g/mol. The lowest BCUT2D eigenvalue weighted by atomic mass is 10.1. The van der Waals surface area contributed by atoms with Crippen molar-refractivity contribution in [2.24, 2.45) is 0 Å². The Labute approximate surface area is 170 Å². The van der Waals surface area contributed by atoms with Crippen molar-refractivity contribution < 1.29 is 34.5 Å². The number of hydrogen-bond donors (Lipinski definition) is 5. The van der Waals surface area contributed by atoms with Crippen molar-refractivity contribution in [3.63, 3.8) is 0 Å². The van der Waals surface area contributed by atoms with Crippen LogP contribution in [0.1, 0.15) is 21.6 Å². The first kappa shape index (κ1) is 19.3. The number of fused-ring (bicyclic) bond motifs is 1. The molecule has 3 amide bonds. The summed E-state index contributed by atoms with van der Waals surface area (Å²) in [6.45, 7) is -0.0617. The van der Waals surface area contributed by atoms with Crippen LogP contribution in [0.4, 0.5) is 10.6 Å². The van der Waals surface area contributed by atoms with E-state index in [9.17, 15) is 30.0 Å². The Balaban J connectivity index is 1.73.